The number of rotatable bonds is 11. The van der Waals surface area contributed by atoms with Gasteiger partial charge in [-0.2, -0.15) is 5.21 Å². The van der Waals surface area contributed by atoms with Gasteiger partial charge < -0.3 is 27.0 Å². The molecular formula is C37H45N9O3. The minimum Gasteiger partial charge on any atom is -0.349 e. The number of carbonyl (C=O) groups excluding carboxylic acids is 3. The van der Waals surface area contributed by atoms with Gasteiger partial charge in [0, 0.05) is 35.2 Å². The van der Waals surface area contributed by atoms with Crippen LogP contribution in [0.1, 0.15) is 60.0 Å². The minimum absolute atomic E-state index is 0.0430. The van der Waals surface area contributed by atoms with Gasteiger partial charge in [-0.1, -0.05) is 30.3 Å². The van der Waals surface area contributed by atoms with Gasteiger partial charge in [-0.15, -0.1) is 10.2 Å². The van der Waals surface area contributed by atoms with Gasteiger partial charge in [0.15, 0.2) is 0 Å². The van der Waals surface area contributed by atoms with Crippen LogP contribution in [0, 0.1) is 18.8 Å². The molecule has 1 saturated heterocycles. The number of benzene rings is 3. The molecule has 12 nitrogen and oxygen atoms in total. The third-order valence-corrected chi connectivity index (χ3v) is 9.81. The molecule has 1 atom stereocenters. The van der Waals surface area contributed by atoms with E-state index in [1.54, 1.807) is 24.3 Å². The summed E-state index contributed by atoms with van der Waals surface area (Å²) < 4.78 is 0. The quantitative estimate of drug-likeness (QED) is 0.140. The van der Waals surface area contributed by atoms with Gasteiger partial charge in [0.2, 0.25) is 17.6 Å². The fourth-order valence-corrected chi connectivity index (χ4v) is 6.80. The van der Waals surface area contributed by atoms with E-state index in [9.17, 15) is 14.4 Å². The van der Waals surface area contributed by atoms with Crippen molar-refractivity contribution in [1.82, 2.24) is 36.6 Å². The summed E-state index contributed by atoms with van der Waals surface area (Å²) in [6.07, 6.45) is 5.58. The maximum atomic E-state index is 13.7. The number of aromatic amines is 1. The molecule has 6 rings (SSSR count). The number of aromatic nitrogens is 4. The van der Waals surface area contributed by atoms with Crippen LogP contribution in [0.4, 0.5) is 5.69 Å². The summed E-state index contributed by atoms with van der Waals surface area (Å²) in [7, 11) is 0. The Balaban J connectivity index is 1.14. The Morgan fingerprint density at radius 3 is 2.27 bits per heavy atom. The third kappa shape index (κ3) is 8.76. The summed E-state index contributed by atoms with van der Waals surface area (Å²) in [5, 5.41) is 26.5. The van der Waals surface area contributed by atoms with E-state index in [-0.39, 0.29) is 29.7 Å². The van der Waals surface area contributed by atoms with Crippen LogP contribution < -0.4 is 27.0 Å². The average Bonchev–Trinajstić information content (AvgIpc) is 3.68. The third-order valence-electron chi connectivity index (χ3n) is 9.81. The molecule has 2 heterocycles. The van der Waals surface area contributed by atoms with Crippen LogP contribution in [-0.4, -0.2) is 70.1 Å². The molecular weight excluding hydrogens is 618 g/mol. The Morgan fingerprint density at radius 1 is 0.898 bits per heavy atom. The Morgan fingerprint density at radius 2 is 1.61 bits per heavy atom. The molecule has 256 valence electrons. The molecule has 7 N–H and O–H groups in total. The van der Waals surface area contributed by atoms with Crippen LogP contribution >= 0.6 is 0 Å². The number of amides is 3. The van der Waals surface area contributed by atoms with Crippen molar-refractivity contribution in [3.8, 4) is 22.5 Å². The highest BCUT2D eigenvalue weighted by molar-refractivity contribution is 5.98. The van der Waals surface area contributed by atoms with E-state index in [1.165, 1.54) is 0 Å². The zero-order valence-corrected chi connectivity index (χ0v) is 27.9. The number of nitrogens with two attached hydrogens (primary N) is 1. The summed E-state index contributed by atoms with van der Waals surface area (Å²) in [6.45, 7) is 4.49. The number of piperidine rings is 1. The highest BCUT2D eigenvalue weighted by atomic mass is 16.2. The van der Waals surface area contributed by atoms with Gasteiger partial charge in [-0.05, 0) is 135 Å². The number of aryl methyl sites for hydroxylation is 1. The number of hydrogen-bond acceptors (Lipinski definition) is 8. The maximum absolute atomic E-state index is 13.7. The first-order valence-electron chi connectivity index (χ1n) is 17.2. The fourth-order valence-electron chi connectivity index (χ4n) is 6.80. The first kappa shape index (κ1) is 33.9. The SMILES string of the molecule is Cc1cc(C(=O)NC2CCNCC2)ccc1-c1ccc(CC(NC(=O)C2CCC(CN)CC2)C(=O)Nc2ccc(-c3nn[nH]n3)cc2)cc1. The number of carbonyl (C=O) groups is 3. The van der Waals surface area contributed by atoms with E-state index in [1.807, 2.05) is 49.4 Å². The number of nitrogens with zero attached hydrogens (tertiary/aromatic N) is 3. The lowest BCUT2D eigenvalue weighted by atomic mass is 9.81. The largest absolute Gasteiger partial charge is 0.349 e. The van der Waals surface area contributed by atoms with Crippen LogP contribution in [0.25, 0.3) is 22.5 Å². The van der Waals surface area contributed by atoms with Gasteiger partial charge in [-0.3, -0.25) is 14.4 Å². The highest BCUT2D eigenvalue weighted by Crippen LogP contribution is 2.29. The van der Waals surface area contributed by atoms with Crippen molar-refractivity contribution in [3.05, 3.63) is 83.4 Å². The number of hydrogen-bond donors (Lipinski definition) is 6. The summed E-state index contributed by atoms with van der Waals surface area (Å²) in [6, 6.07) is 20.4. The van der Waals surface area contributed by atoms with Gasteiger partial charge in [0.1, 0.15) is 6.04 Å². The van der Waals surface area contributed by atoms with E-state index in [2.05, 4.69) is 41.9 Å². The lowest BCUT2D eigenvalue weighted by molar-refractivity contribution is -0.130. The lowest BCUT2D eigenvalue weighted by Crippen LogP contribution is -2.48. The first-order chi connectivity index (χ1) is 23.9. The number of nitrogens with one attached hydrogen (secondary N) is 5. The molecule has 0 spiro atoms. The summed E-state index contributed by atoms with van der Waals surface area (Å²) in [4.78, 5) is 40.0. The minimum atomic E-state index is -0.776. The van der Waals surface area contributed by atoms with Crippen molar-refractivity contribution in [1.29, 1.82) is 0 Å². The van der Waals surface area contributed by atoms with Crippen LogP contribution in [0.5, 0.6) is 0 Å². The molecule has 2 aliphatic rings. The molecule has 4 aromatic rings. The Hall–Kier alpha value is -4.94. The van der Waals surface area contributed by atoms with Gasteiger partial charge >= 0.3 is 0 Å². The molecule has 1 unspecified atom stereocenters. The van der Waals surface area contributed by atoms with E-state index in [0.29, 0.717) is 36.0 Å². The van der Waals surface area contributed by atoms with Crippen LogP contribution in [0.3, 0.4) is 0 Å². The summed E-state index contributed by atoms with van der Waals surface area (Å²) >= 11 is 0. The lowest BCUT2D eigenvalue weighted by Gasteiger charge is -2.28. The molecule has 3 aromatic carbocycles. The van der Waals surface area contributed by atoms with E-state index < -0.39 is 6.04 Å². The van der Waals surface area contributed by atoms with Crippen molar-refractivity contribution >= 4 is 23.4 Å². The van der Waals surface area contributed by atoms with Crippen LogP contribution in [-0.2, 0) is 16.0 Å². The second kappa shape index (κ2) is 16.0. The molecule has 2 fully saturated rings. The van der Waals surface area contributed by atoms with Gasteiger partial charge in [0.25, 0.3) is 5.91 Å². The zero-order chi connectivity index (χ0) is 34.2. The van der Waals surface area contributed by atoms with E-state index in [4.69, 9.17) is 5.73 Å². The van der Waals surface area contributed by atoms with Crippen LogP contribution in [0.2, 0.25) is 0 Å². The van der Waals surface area contributed by atoms with Gasteiger partial charge in [0.05, 0.1) is 0 Å². The molecule has 3 amide bonds. The molecule has 1 aromatic heterocycles. The Bertz CT molecular complexity index is 1710. The average molecular weight is 664 g/mol. The predicted octanol–water partition coefficient (Wildman–Crippen LogP) is 3.76. The molecule has 0 radical (unpaired) electrons. The zero-order valence-electron chi connectivity index (χ0n) is 27.9. The molecule has 0 bridgehead atoms. The topological polar surface area (TPSA) is 180 Å². The van der Waals surface area contributed by atoms with Crippen molar-refractivity contribution in [2.75, 3.05) is 25.0 Å². The normalized spacial score (nSPS) is 18.7. The monoisotopic (exact) mass is 663 g/mol. The standard InChI is InChI=1S/C37H45N9O3/c1-23-20-29(36(48)40-31-16-18-39-19-17-31)12-15-32(23)26-6-2-24(3-7-26)21-33(42-35(47)28-8-4-25(22-38)5-9-28)37(49)41-30-13-10-27(11-14-30)34-43-45-46-44-34/h2-3,6-7,10-15,20,25,28,31,33,39H,4-5,8-9,16-19,21-22,38H2,1H3,(H,40,48)(H,41,49)(H,42,47)(H,43,44,45,46). The Kier molecular flexibility index (Phi) is 11.1. The first-order valence-corrected chi connectivity index (χ1v) is 17.2. The molecule has 1 aliphatic heterocycles. The Labute approximate surface area is 286 Å². The van der Waals surface area contributed by atoms with Crippen molar-refractivity contribution in [2.45, 2.75) is 64.0 Å². The molecule has 1 saturated carbocycles. The van der Waals surface area contributed by atoms with Crippen molar-refractivity contribution in [3.63, 3.8) is 0 Å². The maximum Gasteiger partial charge on any atom is 0.251 e. The van der Waals surface area contributed by atoms with Crippen molar-refractivity contribution in [2.24, 2.45) is 17.6 Å². The highest BCUT2D eigenvalue weighted by Gasteiger charge is 2.29. The van der Waals surface area contributed by atoms with E-state index in [0.717, 1.165) is 79.4 Å². The summed E-state index contributed by atoms with van der Waals surface area (Å²) in [5.41, 5.74) is 11.8. The van der Waals surface area contributed by atoms with Crippen LogP contribution in [0.15, 0.2) is 66.7 Å². The molecule has 1 aliphatic carbocycles. The second-order valence-corrected chi connectivity index (χ2v) is 13.2. The fraction of sp³-hybridized carbons (Fsp3) is 0.405. The molecule has 49 heavy (non-hydrogen) atoms. The van der Waals surface area contributed by atoms with E-state index >= 15 is 0 Å². The number of anilines is 1. The summed E-state index contributed by atoms with van der Waals surface area (Å²) in [5.74, 6) is 0.337. The smallest absolute Gasteiger partial charge is 0.251 e. The van der Waals surface area contributed by atoms with Gasteiger partial charge in [-0.25, -0.2) is 0 Å². The number of H-pyrrole nitrogens is 1. The predicted molar refractivity (Wildman–Crippen MR) is 188 cm³/mol. The number of tetrazole rings is 1. The van der Waals surface area contributed by atoms with Crippen molar-refractivity contribution < 1.29 is 14.4 Å². The second-order valence-electron chi connectivity index (χ2n) is 13.2. The molecule has 12 heteroatoms.